The molecule has 6 heteroatoms. The van der Waals surface area contributed by atoms with Crippen LogP contribution in [-0.4, -0.2) is 67.4 Å². The first kappa shape index (κ1) is 19.2. The van der Waals surface area contributed by atoms with Crippen LogP contribution in [0.25, 0.3) is 11.0 Å². The third kappa shape index (κ3) is 3.97. The first-order valence-corrected chi connectivity index (χ1v) is 11.1. The summed E-state index contributed by atoms with van der Waals surface area (Å²) in [4.78, 5) is 12.5. The van der Waals surface area contributed by atoms with Gasteiger partial charge < -0.3 is 24.0 Å². The van der Waals surface area contributed by atoms with Gasteiger partial charge in [-0.3, -0.25) is 0 Å². The molecule has 5 rings (SSSR count). The Balaban J connectivity index is 1.25. The van der Waals surface area contributed by atoms with Crippen LogP contribution in [0.1, 0.15) is 12.8 Å². The number of likely N-dealkylation sites (tertiary alicyclic amines) is 1. The van der Waals surface area contributed by atoms with Crippen LogP contribution in [0.3, 0.4) is 0 Å². The maximum absolute atomic E-state index is 5.28. The van der Waals surface area contributed by atoms with E-state index in [1.54, 1.807) is 7.11 Å². The Morgan fingerprint density at radius 1 is 0.800 bits per heavy atom. The molecule has 4 heterocycles. The molecule has 158 valence electrons. The molecular weight excluding hydrogens is 374 g/mol. The number of ether oxygens (including phenoxy) is 1. The summed E-state index contributed by atoms with van der Waals surface area (Å²) in [5.41, 5.74) is 2.37. The average molecular weight is 406 g/mol. The van der Waals surface area contributed by atoms with Crippen LogP contribution in [0.2, 0.25) is 0 Å². The van der Waals surface area contributed by atoms with Crippen molar-refractivity contribution in [3.8, 4) is 5.75 Å². The van der Waals surface area contributed by atoms with Gasteiger partial charge in [-0.15, -0.1) is 0 Å². The van der Waals surface area contributed by atoms with Crippen molar-refractivity contribution in [2.45, 2.75) is 19.4 Å². The van der Waals surface area contributed by atoms with Crippen LogP contribution in [0.15, 0.2) is 48.7 Å². The molecule has 0 saturated carbocycles. The number of anilines is 2. The summed E-state index contributed by atoms with van der Waals surface area (Å²) < 4.78 is 7.60. The van der Waals surface area contributed by atoms with Crippen LogP contribution >= 0.6 is 0 Å². The van der Waals surface area contributed by atoms with Gasteiger partial charge in [0.1, 0.15) is 17.2 Å². The number of rotatable bonds is 6. The van der Waals surface area contributed by atoms with Crippen molar-refractivity contribution in [1.29, 1.82) is 0 Å². The van der Waals surface area contributed by atoms with E-state index < -0.39 is 0 Å². The van der Waals surface area contributed by atoms with Crippen LogP contribution in [0.5, 0.6) is 5.75 Å². The van der Waals surface area contributed by atoms with Gasteiger partial charge in [-0.2, -0.15) is 0 Å². The third-order valence-electron chi connectivity index (χ3n) is 6.49. The highest BCUT2D eigenvalue weighted by Crippen LogP contribution is 2.24. The van der Waals surface area contributed by atoms with Gasteiger partial charge in [0.25, 0.3) is 0 Å². The average Bonchev–Trinajstić information content (AvgIpc) is 3.47. The van der Waals surface area contributed by atoms with Crippen molar-refractivity contribution in [2.75, 3.05) is 62.7 Å². The van der Waals surface area contributed by atoms with E-state index in [-0.39, 0.29) is 0 Å². The van der Waals surface area contributed by atoms with Gasteiger partial charge in [-0.25, -0.2) is 4.98 Å². The molecule has 3 aromatic rings. The second-order valence-corrected chi connectivity index (χ2v) is 8.31. The molecule has 0 unspecified atom stereocenters. The molecule has 30 heavy (non-hydrogen) atoms. The molecule has 0 spiro atoms. The minimum atomic E-state index is 0.905. The SMILES string of the molecule is COc1ccc(N2CCN(c3ccc4ccn(CCN5CCCC5)c4n3)CC2)cc1. The molecule has 2 saturated heterocycles. The highest BCUT2D eigenvalue weighted by Gasteiger charge is 2.19. The van der Waals surface area contributed by atoms with Crippen molar-refractivity contribution >= 4 is 22.5 Å². The second-order valence-electron chi connectivity index (χ2n) is 8.31. The number of hydrogen-bond donors (Lipinski definition) is 0. The van der Waals surface area contributed by atoms with E-state index in [1.165, 1.54) is 37.0 Å². The zero-order valence-electron chi connectivity index (χ0n) is 17.8. The van der Waals surface area contributed by atoms with E-state index in [4.69, 9.17) is 9.72 Å². The lowest BCUT2D eigenvalue weighted by molar-refractivity contribution is 0.324. The van der Waals surface area contributed by atoms with Gasteiger partial charge >= 0.3 is 0 Å². The van der Waals surface area contributed by atoms with Gasteiger partial charge in [0.2, 0.25) is 0 Å². The fourth-order valence-electron chi connectivity index (χ4n) is 4.65. The zero-order valence-corrected chi connectivity index (χ0v) is 17.8. The highest BCUT2D eigenvalue weighted by molar-refractivity contribution is 5.78. The highest BCUT2D eigenvalue weighted by atomic mass is 16.5. The molecule has 0 N–H and O–H groups in total. The van der Waals surface area contributed by atoms with E-state index >= 15 is 0 Å². The largest absolute Gasteiger partial charge is 0.497 e. The number of piperazine rings is 1. The molecule has 2 aliphatic rings. The fourth-order valence-corrected chi connectivity index (χ4v) is 4.65. The summed E-state index contributed by atoms with van der Waals surface area (Å²) in [6.07, 6.45) is 4.88. The molecule has 6 nitrogen and oxygen atoms in total. The lowest BCUT2D eigenvalue weighted by atomic mass is 10.2. The lowest BCUT2D eigenvalue weighted by Crippen LogP contribution is -2.46. The Labute approximate surface area is 178 Å². The molecule has 0 atom stereocenters. The minimum Gasteiger partial charge on any atom is -0.497 e. The van der Waals surface area contributed by atoms with Crippen molar-refractivity contribution < 1.29 is 4.74 Å². The molecule has 1 aromatic carbocycles. The number of fused-ring (bicyclic) bond motifs is 1. The van der Waals surface area contributed by atoms with Crippen molar-refractivity contribution in [3.63, 3.8) is 0 Å². The summed E-state index contributed by atoms with van der Waals surface area (Å²) in [5, 5.41) is 1.23. The number of hydrogen-bond acceptors (Lipinski definition) is 5. The summed E-state index contributed by atoms with van der Waals surface area (Å²) in [5.74, 6) is 2.00. The lowest BCUT2D eigenvalue weighted by Gasteiger charge is -2.36. The predicted octanol–water partition coefficient (Wildman–Crippen LogP) is 3.47. The van der Waals surface area contributed by atoms with Crippen LogP contribution < -0.4 is 14.5 Å². The third-order valence-corrected chi connectivity index (χ3v) is 6.49. The first-order valence-electron chi connectivity index (χ1n) is 11.1. The number of aromatic nitrogens is 2. The Bertz CT molecular complexity index is 969. The van der Waals surface area contributed by atoms with Gasteiger partial charge in [-0.05, 0) is 68.4 Å². The quantitative estimate of drug-likeness (QED) is 0.628. The molecule has 0 amide bonds. The number of nitrogens with zero attached hydrogens (tertiary/aromatic N) is 5. The van der Waals surface area contributed by atoms with E-state index in [0.717, 1.165) is 56.5 Å². The maximum Gasteiger partial charge on any atom is 0.142 e. The summed E-state index contributed by atoms with van der Waals surface area (Å²) in [6, 6.07) is 15.0. The Hall–Kier alpha value is -2.73. The van der Waals surface area contributed by atoms with Crippen molar-refractivity contribution in [3.05, 3.63) is 48.7 Å². The van der Waals surface area contributed by atoms with E-state index in [0.29, 0.717) is 0 Å². The molecular formula is C24H31N5O. The Kier molecular flexibility index (Phi) is 5.49. The van der Waals surface area contributed by atoms with Crippen LogP contribution in [0.4, 0.5) is 11.5 Å². The first-order chi connectivity index (χ1) is 14.8. The normalized spacial score (nSPS) is 17.8. The second kappa shape index (κ2) is 8.56. The summed E-state index contributed by atoms with van der Waals surface area (Å²) in [6.45, 7) is 8.61. The topological polar surface area (TPSA) is 36.8 Å². The predicted molar refractivity (Wildman–Crippen MR) is 123 cm³/mol. The maximum atomic E-state index is 5.28. The van der Waals surface area contributed by atoms with E-state index in [2.05, 4.69) is 55.8 Å². The van der Waals surface area contributed by atoms with Crippen molar-refractivity contribution in [1.82, 2.24) is 14.5 Å². The van der Waals surface area contributed by atoms with Gasteiger partial charge in [-0.1, -0.05) is 0 Å². The monoisotopic (exact) mass is 405 g/mol. The Morgan fingerprint density at radius 2 is 1.53 bits per heavy atom. The zero-order chi connectivity index (χ0) is 20.3. The van der Waals surface area contributed by atoms with Crippen LogP contribution in [0, 0.1) is 0 Å². The molecule has 0 radical (unpaired) electrons. The van der Waals surface area contributed by atoms with Crippen molar-refractivity contribution in [2.24, 2.45) is 0 Å². The minimum absolute atomic E-state index is 0.905. The summed E-state index contributed by atoms with van der Waals surface area (Å²) >= 11 is 0. The van der Waals surface area contributed by atoms with Gasteiger partial charge in [0.05, 0.1) is 7.11 Å². The molecule has 0 bridgehead atoms. The van der Waals surface area contributed by atoms with Crippen LogP contribution in [-0.2, 0) is 6.54 Å². The molecule has 2 aromatic heterocycles. The molecule has 2 fully saturated rings. The fraction of sp³-hybridized carbons (Fsp3) is 0.458. The number of methoxy groups -OCH3 is 1. The molecule has 2 aliphatic heterocycles. The molecule has 0 aliphatic carbocycles. The van der Waals surface area contributed by atoms with E-state index in [1.807, 2.05) is 12.1 Å². The van der Waals surface area contributed by atoms with Gasteiger partial charge in [0.15, 0.2) is 0 Å². The standard InChI is InChI=1S/C24H31N5O/c1-30-22-7-5-21(6-8-22)27-16-18-28(19-17-27)23-9-4-20-10-13-29(24(20)25-23)15-14-26-11-2-3-12-26/h4-10,13H,2-3,11-12,14-19H2,1H3. The van der Waals surface area contributed by atoms with E-state index in [9.17, 15) is 0 Å². The summed E-state index contributed by atoms with van der Waals surface area (Å²) in [7, 11) is 1.71. The number of pyridine rings is 1. The Morgan fingerprint density at radius 3 is 2.27 bits per heavy atom. The number of benzene rings is 1. The smallest absolute Gasteiger partial charge is 0.142 e. The van der Waals surface area contributed by atoms with Gasteiger partial charge in [0, 0.05) is 56.5 Å².